The first-order valence-electron chi connectivity index (χ1n) is 9.30. The number of aromatic nitrogens is 3. The molecule has 0 unspecified atom stereocenters. The standard InChI is InChI=1S/C21H22N6O/c1-16-5-7-17(8-6-16)20(28)25-18-14-23-21(24-15-18)27-12-10-26(11-13-27)19-4-2-3-9-22-19/h2-9,14-15H,10-13H2,1H3,(H,25,28). The molecule has 1 aromatic carbocycles. The Morgan fingerprint density at radius 2 is 1.57 bits per heavy atom. The van der Waals surface area contributed by atoms with Crippen molar-refractivity contribution in [3.63, 3.8) is 0 Å². The number of amides is 1. The molecule has 0 spiro atoms. The van der Waals surface area contributed by atoms with E-state index >= 15 is 0 Å². The van der Waals surface area contributed by atoms with Crippen molar-refractivity contribution >= 4 is 23.4 Å². The highest BCUT2D eigenvalue weighted by Gasteiger charge is 2.19. The minimum Gasteiger partial charge on any atom is -0.353 e. The number of pyridine rings is 1. The summed E-state index contributed by atoms with van der Waals surface area (Å²) in [7, 11) is 0. The number of hydrogen-bond donors (Lipinski definition) is 1. The maximum Gasteiger partial charge on any atom is 0.255 e. The largest absolute Gasteiger partial charge is 0.353 e. The van der Waals surface area contributed by atoms with E-state index in [0.717, 1.165) is 37.6 Å². The summed E-state index contributed by atoms with van der Waals surface area (Å²) in [5.74, 6) is 1.51. The molecule has 142 valence electrons. The molecular formula is C21H22N6O. The van der Waals surface area contributed by atoms with Crippen LogP contribution >= 0.6 is 0 Å². The molecule has 4 rings (SSSR count). The third kappa shape index (κ3) is 4.09. The monoisotopic (exact) mass is 374 g/mol. The van der Waals surface area contributed by atoms with Gasteiger partial charge in [-0.1, -0.05) is 23.8 Å². The van der Waals surface area contributed by atoms with E-state index in [4.69, 9.17) is 0 Å². The summed E-state index contributed by atoms with van der Waals surface area (Å²) in [5.41, 5.74) is 2.31. The summed E-state index contributed by atoms with van der Waals surface area (Å²) in [6, 6.07) is 13.4. The first-order chi connectivity index (χ1) is 13.7. The van der Waals surface area contributed by atoms with Gasteiger partial charge in [0.2, 0.25) is 5.95 Å². The van der Waals surface area contributed by atoms with Crippen LogP contribution in [0.15, 0.2) is 61.1 Å². The Hall–Kier alpha value is -3.48. The second-order valence-electron chi connectivity index (χ2n) is 6.75. The van der Waals surface area contributed by atoms with Crippen LogP contribution in [0.1, 0.15) is 15.9 Å². The summed E-state index contributed by atoms with van der Waals surface area (Å²) in [6.07, 6.45) is 5.12. The van der Waals surface area contributed by atoms with Crippen molar-refractivity contribution in [2.45, 2.75) is 6.92 Å². The van der Waals surface area contributed by atoms with Crippen LogP contribution in [0.5, 0.6) is 0 Å². The van der Waals surface area contributed by atoms with E-state index < -0.39 is 0 Å². The zero-order valence-corrected chi connectivity index (χ0v) is 15.7. The van der Waals surface area contributed by atoms with Crippen molar-refractivity contribution in [2.75, 3.05) is 41.3 Å². The fourth-order valence-corrected chi connectivity index (χ4v) is 3.13. The molecule has 1 amide bonds. The van der Waals surface area contributed by atoms with E-state index in [2.05, 4.69) is 30.1 Å². The van der Waals surface area contributed by atoms with E-state index in [1.807, 2.05) is 43.5 Å². The third-order valence-electron chi connectivity index (χ3n) is 4.75. The first-order valence-corrected chi connectivity index (χ1v) is 9.30. The lowest BCUT2D eigenvalue weighted by atomic mass is 10.1. The molecular weight excluding hydrogens is 352 g/mol. The molecule has 0 aliphatic carbocycles. The number of benzene rings is 1. The second-order valence-corrected chi connectivity index (χ2v) is 6.75. The molecule has 3 aromatic rings. The van der Waals surface area contributed by atoms with Gasteiger partial charge in [0.25, 0.3) is 5.91 Å². The van der Waals surface area contributed by atoms with E-state index in [9.17, 15) is 4.79 Å². The number of hydrogen-bond acceptors (Lipinski definition) is 6. The molecule has 7 nitrogen and oxygen atoms in total. The third-order valence-corrected chi connectivity index (χ3v) is 4.75. The predicted octanol–water partition coefficient (Wildman–Crippen LogP) is 2.76. The lowest BCUT2D eigenvalue weighted by Gasteiger charge is -2.35. The summed E-state index contributed by atoms with van der Waals surface area (Å²) < 4.78 is 0. The lowest BCUT2D eigenvalue weighted by molar-refractivity contribution is 0.102. The fourth-order valence-electron chi connectivity index (χ4n) is 3.13. The van der Waals surface area contributed by atoms with Crippen LogP contribution in [0.3, 0.4) is 0 Å². The molecule has 28 heavy (non-hydrogen) atoms. The second kappa shape index (κ2) is 8.04. The molecule has 1 aliphatic rings. The normalized spacial score (nSPS) is 14.0. The van der Waals surface area contributed by atoms with Gasteiger partial charge in [0.1, 0.15) is 5.82 Å². The first kappa shape index (κ1) is 17.9. The minimum atomic E-state index is -0.166. The zero-order valence-electron chi connectivity index (χ0n) is 15.7. The molecule has 0 bridgehead atoms. The number of piperazine rings is 1. The fraction of sp³-hybridized carbons (Fsp3) is 0.238. The average molecular weight is 374 g/mol. The SMILES string of the molecule is Cc1ccc(C(=O)Nc2cnc(N3CCN(c4ccccn4)CC3)nc2)cc1. The lowest BCUT2D eigenvalue weighted by Crippen LogP contribution is -2.47. The predicted molar refractivity (Wildman–Crippen MR) is 110 cm³/mol. The molecule has 0 saturated carbocycles. The van der Waals surface area contributed by atoms with Crippen molar-refractivity contribution in [3.05, 3.63) is 72.2 Å². The topological polar surface area (TPSA) is 74.2 Å². The van der Waals surface area contributed by atoms with Crippen LogP contribution in [0.4, 0.5) is 17.5 Å². The Kier molecular flexibility index (Phi) is 5.14. The molecule has 0 atom stereocenters. The van der Waals surface area contributed by atoms with Crippen molar-refractivity contribution in [1.82, 2.24) is 15.0 Å². The van der Waals surface area contributed by atoms with Gasteiger partial charge in [0, 0.05) is 37.9 Å². The Balaban J connectivity index is 1.35. The highest BCUT2D eigenvalue weighted by molar-refractivity contribution is 6.04. The highest BCUT2D eigenvalue weighted by Crippen LogP contribution is 2.17. The van der Waals surface area contributed by atoms with Gasteiger partial charge >= 0.3 is 0 Å². The zero-order chi connectivity index (χ0) is 19.3. The molecule has 0 radical (unpaired) electrons. The number of nitrogens with one attached hydrogen (secondary N) is 1. The Morgan fingerprint density at radius 1 is 0.893 bits per heavy atom. The summed E-state index contributed by atoms with van der Waals surface area (Å²) in [5, 5.41) is 2.84. The number of carbonyl (C=O) groups excluding carboxylic acids is 1. The van der Waals surface area contributed by atoms with Crippen molar-refractivity contribution < 1.29 is 4.79 Å². The van der Waals surface area contributed by atoms with E-state index in [-0.39, 0.29) is 5.91 Å². The van der Waals surface area contributed by atoms with Crippen molar-refractivity contribution in [2.24, 2.45) is 0 Å². The van der Waals surface area contributed by atoms with Gasteiger partial charge in [0.15, 0.2) is 0 Å². The average Bonchev–Trinajstić information content (AvgIpc) is 2.75. The minimum absolute atomic E-state index is 0.166. The smallest absolute Gasteiger partial charge is 0.255 e. The van der Waals surface area contributed by atoms with Crippen LogP contribution in [-0.4, -0.2) is 47.0 Å². The van der Waals surface area contributed by atoms with E-state index in [1.54, 1.807) is 24.5 Å². The van der Waals surface area contributed by atoms with Crippen LogP contribution in [0.2, 0.25) is 0 Å². The molecule has 1 saturated heterocycles. The molecule has 3 heterocycles. The van der Waals surface area contributed by atoms with Gasteiger partial charge in [-0.15, -0.1) is 0 Å². The Morgan fingerprint density at radius 3 is 2.21 bits per heavy atom. The van der Waals surface area contributed by atoms with Crippen molar-refractivity contribution in [3.8, 4) is 0 Å². The van der Waals surface area contributed by atoms with Gasteiger partial charge < -0.3 is 15.1 Å². The molecule has 1 aliphatic heterocycles. The molecule has 1 N–H and O–H groups in total. The number of rotatable bonds is 4. The van der Waals surface area contributed by atoms with Gasteiger partial charge in [-0.3, -0.25) is 4.79 Å². The van der Waals surface area contributed by atoms with Crippen LogP contribution < -0.4 is 15.1 Å². The number of nitrogens with zero attached hydrogens (tertiary/aromatic N) is 5. The Bertz CT molecular complexity index is 919. The van der Waals surface area contributed by atoms with Crippen LogP contribution in [0, 0.1) is 6.92 Å². The van der Waals surface area contributed by atoms with E-state index in [1.165, 1.54) is 0 Å². The number of carbonyl (C=O) groups is 1. The maximum absolute atomic E-state index is 12.3. The van der Waals surface area contributed by atoms with Gasteiger partial charge in [0.05, 0.1) is 18.1 Å². The maximum atomic E-state index is 12.3. The van der Waals surface area contributed by atoms with Crippen LogP contribution in [0.25, 0.3) is 0 Å². The quantitative estimate of drug-likeness (QED) is 0.757. The summed E-state index contributed by atoms with van der Waals surface area (Å²) in [6.45, 7) is 5.38. The number of aryl methyl sites for hydroxylation is 1. The van der Waals surface area contributed by atoms with Crippen LogP contribution in [-0.2, 0) is 0 Å². The summed E-state index contributed by atoms with van der Waals surface area (Å²) in [4.78, 5) is 30.0. The molecule has 2 aromatic heterocycles. The van der Waals surface area contributed by atoms with Gasteiger partial charge in [-0.2, -0.15) is 0 Å². The molecule has 7 heteroatoms. The number of anilines is 3. The van der Waals surface area contributed by atoms with Gasteiger partial charge in [-0.25, -0.2) is 15.0 Å². The highest BCUT2D eigenvalue weighted by atomic mass is 16.1. The Labute approximate surface area is 164 Å². The molecule has 1 fully saturated rings. The van der Waals surface area contributed by atoms with Crippen molar-refractivity contribution in [1.29, 1.82) is 0 Å². The van der Waals surface area contributed by atoms with E-state index in [0.29, 0.717) is 17.2 Å². The van der Waals surface area contributed by atoms with Gasteiger partial charge in [-0.05, 0) is 31.2 Å². The summed E-state index contributed by atoms with van der Waals surface area (Å²) >= 11 is 0.